The van der Waals surface area contributed by atoms with Gasteiger partial charge in [-0.3, -0.25) is 9.78 Å². The van der Waals surface area contributed by atoms with Crippen molar-refractivity contribution in [1.82, 2.24) is 19.7 Å². The standard InChI is InChI=1S/C20H28N4O2/c1-16-6-4-7-17(21-16)14-23-13-9-20(18(23)25)8-5-12-24(15-20)19(26)22-10-2-3-11-22/h4,6-7H,2-3,5,8-15H2,1H3/t20-/m0/s1. The third-order valence-corrected chi connectivity index (χ3v) is 6.12. The van der Waals surface area contributed by atoms with Gasteiger partial charge in [-0.05, 0) is 51.2 Å². The molecule has 140 valence electrons. The first-order valence-corrected chi connectivity index (χ1v) is 9.83. The lowest BCUT2D eigenvalue weighted by Gasteiger charge is -2.40. The number of hydrogen-bond acceptors (Lipinski definition) is 3. The van der Waals surface area contributed by atoms with Gasteiger partial charge in [-0.15, -0.1) is 0 Å². The maximum Gasteiger partial charge on any atom is 0.320 e. The lowest BCUT2D eigenvalue weighted by atomic mass is 9.78. The van der Waals surface area contributed by atoms with Crippen LogP contribution in [0.2, 0.25) is 0 Å². The molecule has 1 aromatic rings. The molecule has 3 aliphatic heterocycles. The van der Waals surface area contributed by atoms with Crippen LogP contribution in [0, 0.1) is 12.3 Å². The molecule has 0 N–H and O–H groups in total. The molecular weight excluding hydrogens is 328 g/mol. The molecule has 1 spiro atoms. The Balaban J connectivity index is 1.44. The fraction of sp³-hybridized carbons (Fsp3) is 0.650. The summed E-state index contributed by atoms with van der Waals surface area (Å²) in [6.45, 7) is 6.40. The maximum absolute atomic E-state index is 13.2. The summed E-state index contributed by atoms with van der Waals surface area (Å²) in [7, 11) is 0. The van der Waals surface area contributed by atoms with Gasteiger partial charge in [0.1, 0.15) is 0 Å². The molecule has 6 nitrogen and oxygen atoms in total. The van der Waals surface area contributed by atoms with Crippen molar-refractivity contribution in [3.63, 3.8) is 0 Å². The number of carbonyl (C=O) groups excluding carboxylic acids is 2. The summed E-state index contributed by atoms with van der Waals surface area (Å²) in [6.07, 6.45) is 4.86. The van der Waals surface area contributed by atoms with E-state index in [4.69, 9.17) is 0 Å². The fourth-order valence-corrected chi connectivity index (χ4v) is 4.71. The summed E-state index contributed by atoms with van der Waals surface area (Å²) >= 11 is 0. The van der Waals surface area contributed by atoms with Gasteiger partial charge in [-0.25, -0.2) is 4.79 Å². The number of piperidine rings is 1. The van der Waals surface area contributed by atoms with Crippen LogP contribution in [0.4, 0.5) is 4.79 Å². The van der Waals surface area contributed by atoms with E-state index in [1.54, 1.807) is 0 Å². The Morgan fingerprint density at radius 3 is 2.62 bits per heavy atom. The second-order valence-electron chi connectivity index (χ2n) is 8.03. The van der Waals surface area contributed by atoms with Gasteiger partial charge in [0.15, 0.2) is 0 Å². The smallest absolute Gasteiger partial charge is 0.320 e. The van der Waals surface area contributed by atoms with Crippen molar-refractivity contribution in [2.24, 2.45) is 5.41 Å². The number of pyridine rings is 1. The molecule has 0 unspecified atom stereocenters. The molecule has 0 aliphatic carbocycles. The summed E-state index contributed by atoms with van der Waals surface area (Å²) in [5, 5.41) is 0. The number of hydrogen-bond donors (Lipinski definition) is 0. The van der Waals surface area contributed by atoms with Gasteiger partial charge in [0.2, 0.25) is 5.91 Å². The van der Waals surface area contributed by atoms with Gasteiger partial charge >= 0.3 is 6.03 Å². The van der Waals surface area contributed by atoms with Crippen molar-refractivity contribution in [3.05, 3.63) is 29.6 Å². The van der Waals surface area contributed by atoms with Gasteiger partial charge < -0.3 is 14.7 Å². The average molecular weight is 356 g/mol. The molecule has 3 fully saturated rings. The van der Waals surface area contributed by atoms with Crippen LogP contribution in [-0.2, 0) is 11.3 Å². The van der Waals surface area contributed by atoms with E-state index in [0.717, 1.165) is 69.7 Å². The van der Waals surface area contributed by atoms with Crippen LogP contribution in [0.25, 0.3) is 0 Å². The number of nitrogens with zero attached hydrogens (tertiary/aromatic N) is 4. The SMILES string of the molecule is Cc1cccc(CN2CC[C@]3(CCCN(C(=O)N4CCCC4)C3)C2=O)n1. The molecule has 26 heavy (non-hydrogen) atoms. The van der Waals surface area contributed by atoms with E-state index in [9.17, 15) is 9.59 Å². The zero-order valence-corrected chi connectivity index (χ0v) is 15.6. The van der Waals surface area contributed by atoms with Crippen LogP contribution >= 0.6 is 0 Å². The summed E-state index contributed by atoms with van der Waals surface area (Å²) in [5.74, 6) is 0.208. The van der Waals surface area contributed by atoms with Gasteiger partial charge in [-0.2, -0.15) is 0 Å². The van der Waals surface area contributed by atoms with E-state index in [1.165, 1.54) is 0 Å². The molecule has 3 amide bonds. The topological polar surface area (TPSA) is 56.8 Å². The predicted octanol–water partition coefficient (Wildman–Crippen LogP) is 2.42. The number of aromatic nitrogens is 1. The molecule has 3 aliphatic rings. The van der Waals surface area contributed by atoms with Crippen molar-refractivity contribution in [1.29, 1.82) is 0 Å². The fourth-order valence-electron chi connectivity index (χ4n) is 4.71. The number of urea groups is 1. The molecule has 6 heteroatoms. The van der Waals surface area contributed by atoms with Crippen LogP contribution in [0.1, 0.15) is 43.5 Å². The van der Waals surface area contributed by atoms with Crippen molar-refractivity contribution >= 4 is 11.9 Å². The Hall–Kier alpha value is -2.11. The molecule has 1 atom stereocenters. The van der Waals surface area contributed by atoms with E-state index in [-0.39, 0.29) is 17.4 Å². The second-order valence-corrected chi connectivity index (χ2v) is 8.03. The van der Waals surface area contributed by atoms with E-state index in [2.05, 4.69) is 4.98 Å². The highest BCUT2D eigenvalue weighted by molar-refractivity contribution is 5.86. The average Bonchev–Trinajstić information content (AvgIpc) is 3.27. The zero-order valence-electron chi connectivity index (χ0n) is 15.6. The third kappa shape index (κ3) is 3.17. The van der Waals surface area contributed by atoms with Gasteiger partial charge in [0.25, 0.3) is 0 Å². The minimum absolute atomic E-state index is 0.133. The molecule has 3 saturated heterocycles. The Labute approximate surface area is 155 Å². The first kappa shape index (κ1) is 17.3. The number of carbonyl (C=O) groups is 2. The summed E-state index contributed by atoms with van der Waals surface area (Å²) in [4.78, 5) is 36.3. The Morgan fingerprint density at radius 2 is 1.85 bits per heavy atom. The Kier molecular flexibility index (Phi) is 4.59. The van der Waals surface area contributed by atoms with Crippen molar-refractivity contribution in [2.45, 2.75) is 45.6 Å². The summed E-state index contributed by atoms with van der Waals surface area (Å²) in [5.41, 5.74) is 1.54. The van der Waals surface area contributed by atoms with Gasteiger partial charge in [-0.1, -0.05) is 6.07 Å². The molecule has 1 aromatic heterocycles. The van der Waals surface area contributed by atoms with E-state index in [0.29, 0.717) is 13.1 Å². The number of amides is 3. The molecule has 0 saturated carbocycles. The highest BCUT2D eigenvalue weighted by Crippen LogP contribution is 2.41. The first-order chi connectivity index (χ1) is 12.6. The largest absolute Gasteiger partial charge is 0.336 e. The number of rotatable bonds is 2. The monoisotopic (exact) mass is 356 g/mol. The second kappa shape index (κ2) is 6.89. The zero-order chi connectivity index (χ0) is 18.1. The summed E-state index contributed by atoms with van der Waals surface area (Å²) in [6, 6.07) is 6.08. The minimum atomic E-state index is -0.378. The molecule has 0 aromatic carbocycles. The Morgan fingerprint density at radius 1 is 1.08 bits per heavy atom. The van der Waals surface area contributed by atoms with Crippen LogP contribution in [0.3, 0.4) is 0 Å². The summed E-state index contributed by atoms with van der Waals surface area (Å²) < 4.78 is 0. The predicted molar refractivity (Wildman–Crippen MR) is 98.5 cm³/mol. The van der Waals surface area contributed by atoms with E-state index >= 15 is 0 Å². The van der Waals surface area contributed by atoms with Crippen LogP contribution in [0.5, 0.6) is 0 Å². The first-order valence-electron chi connectivity index (χ1n) is 9.83. The van der Waals surface area contributed by atoms with Crippen LogP contribution in [-0.4, -0.2) is 64.3 Å². The van der Waals surface area contributed by atoms with Crippen molar-refractivity contribution in [2.75, 3.05) is 32.7 Å². The minimum Gasteiger partial charge on any atom is -0.336 e. The van der Waals surface area contributed by atoms with Crippen molar-refractivity contribution < 1.29 is 9.59 Å². The van der Waals surface area contributed by atoms with Crippen molar-refractivity contribution in [3.8, 4) is 0 Å². The third-order valence-electron chi connectivity index (χ3n) is 6.12. The van der Waals surface area contributed by atoms with E-state index in [1.807, 2.05) is 39.8 Å². The molecule has 4 rings (SSSR count). The van der Waals surface area contributed by atoms with E-state index < -0.39 is 0 Å². The van der Waals surface area contributed by atoms with Crippen LogP contribution < -0.4 is 0 Å². The van der Waals surface area contributed by atoms with Gasteiger partial charge in [0, 0.05) is 38.4 Å². The van der Waals surface area contributed by atoms with Crippen LogP contribution in [0.15, 0.2) is 18.2 Å². The number of likely N-dealkylation sites (tertiary alicyclic amines) is 3. The van der Waals surface area contributed by atoms with Gasteiger partial charge in [0.05, 0.1) is 17.7 Å². The lowest BCUT2D eigenvalue weighted by molar-refractivity contribution is -0.138. The highest BCUT2D eigenvalue weighted by atomic mass is 16.2. The molecular formula is C20H28N4O2. The normalized spacial score (nSPS) is 26.2. The number of aryl methyl sites for hydroxylation is 1. The maximum atomic E-state index is 13.2. The Bertz CT molecular complexity index is 701. The molecule has 4 heterocycles. The highest BCUT2D eigenvalue weighted by Gasteiger charge is 2.50. The quantitative estimate of drug-likeness (QED) is 0.818. The lowest BCUT2D eigenvalue weighted by Crippen LogP contribution is -2.52. The molecule has 0 bridgehead atoms. The molecule has 0 radical (unpaired) electrons.